The van der Waals surface area contributed by atoms with Gasteiger partial charge in [0.15, 0.2) is 0 Å². The summed E-state index contributed by atoms with van der Waals surface area (Å²) in [5.74, 6) is 0.0425. The van der Waals surface area contributed by atoms with E-state index in [9.17, 15) is 4.79 Å². The van der Waals surface area contributed by atoms with Crippen LogP contribution in [-0.2, 0) is 4.79 Å². The highest BCUT2D eigenvalue weighted by Gasteiger charge is 2.14. The van der Waals surface area contributed by atoms with E-state index in [1.807, 2.05) is 31.2 Å². The maximum absolute atomic E-state index is 10.7. The average molecular weight is 251 g/mol. The van der Waals surface area contributed by atoms with Gasteiger partial charge in [-0.25, -0.2) is 0 Å². The standard InChI is InChI=1S/C14H21NO3/c1-4-9-18-13-7-5-12(6-8-13)11(2)15(3)10-14(16)17/h5-8,11H,4,9-10H2,1-3H3,(H,16,17). The van der Waals surface area contributed by atoms with E-state index in [1.165, 1.54) is 0 Å². The summed E-state index contributed by atoms with van der Waals surface area (Å²) in [5.41, 5.74) is 1.09. The lowest BCUT2D eigenvalue weighted by molar-refractivity contribution is -0.138. The number of carbonyl (C=O) groups is 1. The molecule has 0 radical (unpaired) electrons. The number of nitrogens with zero attached hydrogens (tertiary/aromatic N) is 1. The molecule has 0 aliphatic rings. The van der Waals surface area contributed by atoms with Gasteiger partial charge in [-0.1, -0.05) is 19.1 Å². The summed E-state index contributed by atoms with van der Waals surface area (Å²) >= 11 is 0. The first-order chi connectivity index (χ1) is 8.54. The van der Waals surface area contributed by atoms with Crippen molar-refractivity contribution in [1.29, 1.82) is 0 Å². The van der Waals surface area contributed by atoms with Crippen molar-refractivity contribution in [3.63, 3.8) is 0 Å². The van der Waals surface area contributed by atoms with Gasteiger partial charge in [0.05, 0.1) is 13.2 Å². The fraction of sp³-hybridized carbons (Fsp3) is 0.500. The molecule has 1 rings (SSSR count). The molecule has 0 saturated heterocycles. The predicted molar refractivity (Wildman–Crippen MR) is 70.9 cm³/mol. The number of aliphatic carboxylic acids is 1. The molecular weight excluding hydrogens is 230 g/mol. The van der Waals surface area contributed by atoms with Gasteiger partial charge in [0.25, 0.3) is 0 Å². The fourth-order valence-electron chi connectivity index (χ4n) is 1.67. The first kappa shape index (κ1) is 14.5. The highest BCUT2D eigenvalue weighted by atomic mass is 16.5. The van der Waals surface area contributed by atoms with Crippen LogP contribution in [0.2, 0.25) is 0 Å². The predicted octanol–water partition coefficient (Wildman–Crippen LogP) is 2.55. The summed E-state index contributed by atoms with van der Waals surface area (Å²) in [5, 5.41) is 8.76. The van der Waals surface area contributed by atoms with Gasteiger partial charge < -0.3 is 9.84 Å². The van der Waals surface area contributed by atoms with E-state index < -0.39 is 5.97 Å². The van der Waals surface area contributed by atoms with Crippen molar-refractivity contribution in [3.8, 4) is 5.75 Å². The number of ether oxygens (including phenoxy) is 1. The number of carboxylic acid groups (broad SMARTS) is 1. The molecular formula is C14H21NO3. The number of hydrogen-bond donors (Lipinski definition) is 1. The van der Waals surface area contributed by atoms with Crippen LogP contribution in [-0.4, -0.2) is 36.2 Å². The molecule has 0 aliphatic carbocycles. The summed E-state index contributed by atoms with van der Waals surface area (Å²) in [6, 6.07) is 7.88. The lowest BCUT2D eigenvalue weighted by Crippen LogP contribution is -2.28. The van der Waals surface area contributed by atoms with E-state index in [0.717, 1.165) is 17.7 Å². The first-order valence-electron chi connectivity index (χ1n) is 6.19. The van der Waals surface area contributed by atoms with Gasteiger partial charge in [-0.05, 0) is 38.1 Å². The minimum Gasteiger partial charge on any atom is -0.494 e. The van der Waals surface area contributed by atoms with Gasteiger partial charge in [0, 0.05) is 6.04 Å². The molecule has 18 heavy (non-hydrogen) atoms. The minimum atomic E-state index is -0.813. The SMILES string of the molecule is CCCOc1ccc(C(C)N(C)CC(=O)O)cc1. The quantitative estimate of drug-likeness (QED) is 0.809. The summed E-state index contributed by atoms with van der Waals surface area (Å²) in [4.78, 5) is 12.5. The zero-order chi connectivity index (χ0) is 13.5. The van der Waals surface area contributed by atoms with Crippen molar-refractivity contribution < 1.29 is 14.6 Å². The molecule has 4 nitrogen and oxygen atoms in total. The molecule has 0 spiro atoms. The molecule has 0 heterocycles. The fourth-order valence-corrected chi connectivity index (χ4v) is 1.67. The summed E-state index contributed by atoms with van der Waals surface area (Å²) < 4.78 is 5.51. The van der Waals surface area contributed by atoms with Crippen LogP contribution in [0.5, 0.6) is 5.75 Å². The molecule has 4 heteroatoms. The molecule has 0 bridgehead atoms. The van der Waals surface area contributed by atoms with Gasteiger partial charge in [-0.2, -0.15) is 0 Å². The number of rotatable bonds is 7. The number of benzene rings is 1. The molecule has 1 aromatic rings. The van der Waals surface area contributed by atoms with Crippen LogP contribution in [0.1, 0.15) is 31.9 Å². The molecule has 0 amide bonds. The molecule has 0 aliphatic heterocycles. The third-order valence-electron chi connectivity index (χ3n) is 2.88. The third kappa shape index (κ3) is 4.37. The Bertz CT molecular complexity index is 375. The summed E-state index contributed by atoms with van der Waals surface area (Å²) in [7, 11) is 1.81. The van der Waals surface area contributed by atoms with E-state index in [1.54, 1.807) is 11.9 Å². The Labute approximate surface area is 108 Å². The van der Waals surface area contributed by atoms with E-state index in [-0.39, 0.29) is 12.6 Å². The van der Waals surface area contributed by atoms with Crippen molar-refractivity contribution >= 4 is 5.97 Å². The topological polar surface area (TPSA) is 49.8 Å². The molecule has 1 unspecified atom stereocenters. The van der Waals surface area contributed by atoms with Crippen LogP contribution in [0.15, 0.2) is 24.3 Å². The van der Waals surface area contributed by atoms with E-state index in [4.69, 9.17) is 9.84 Å². The number of hydrogen-bond acceptors (Lipinski definition) is 3. The minimum absolute atomic E-state index is 0.0370. The smallest absolute Gasteiger partial charge is 0.317 e. The Morgan fingerprint density at radius 3 is 2.50 bits per heavy atom. The molecule has 0 aromatic heterocycles. The van der Waals surface area contributed by atoms with Gasteiger partial charge in [-0.15, -0.1) is 0 Å². The molecule has 0 saturated carbocycles. The van der Waals surface area contributed by atoms with Gasteiger partial charge in [0.1, 0.15) is 5.75 Å². The Morgan fingerprint density at radius 2 is 2.00 bits per heavy atom. The van der Waals surface area contributed by atoms with Crippen LogP contribution >= 0.6 is 0 Å². The Hall–Kier alpha value is -1.55. The largest absolute Gasteiger partial charge is 0.494 e. The number of likely N-dealkylation sites (N-methyl/N-ethyl adjacent to an activating group) is 1. The average Bonchev–Trinajstić information content (AvgIpc) is 2.35. The van der Waals surface area contributed by atoms with E-state index in [0.29, 0.717) is 6.61 Å². The van der Waals surface area contributed by atoms with Crippen LogP contribution in [0, 0.1) is 0 Å². The Balaban J connectivity index is 2.63. The van der Waals surface area contributed by atoms with Crippen LogP contribution in [0.3, 0.4) is 0 Å². The highest BCUT2D eigenvalue weighted by molar-refractivity contribution is 5.69. The van der Waals surface area contributed by atoms with Gasteiger partial charge in [-0.3, -0.25) is 9.69 Å². The van der Waals surface area contributed by atoms with Crippen molar-refractivity contribution in [3.05, 3.63) is 29.8 Å². The molecule has 0 fully saturated rings. The van der Waals surface area contributed by atoms with Crippen molar-refractivity contribution in [2.75, 3.05) is 20.2 Å². The summed E-state index contributed by atoms with van der Waals surface area (Å²) in [6.07, 6.45) is 0.986. The van der Waals surface area contributed by atoms with Crippen LogP contribution in [0.4, 0.5) is 0 Å². The maximum Gasteiger partial charge on any atom is 0.317 e. The van der Waals surface area contributed by atoms with Crippen molar-refractivity contribution in [1.82, 2.24) is 4.90 Å². The normalized spacial score (nSPS) is 12.4. The first-order valence-corrected chi connectivity index (χ1v) is 6.19. The molecule has 1 atom stereocenters. The van der Waals surface area contributed by atoms with Crippen LogP contribution < -0.4 is 4.74 Å². The lowest BCUT2D eigenvalue weighted by Gasteiger charge is -2.23. The van der Waals surface area contributed by atoms with Crippen molar-refractivity contribution in [2.45, 2.75) is 26.3 Å². The Kier molecular flexibility index (Phi) is 5.65. The maximum atomic E-state index is 10.7. The molecule has 1 N–H and O–H groups in total. The monoisotopic (exact) mass is 251 g/mol. The number of carboxylic acids is 1. The third-order valence-corrected chi connectivity index (χ3v) is 2.88. The highest BCUT2D eigenvalue weighted by Crippen LogP contribution is 2.21. The zero-order valence-corrected chi connectivity index (χ0v) is 11.2. The van der Waals surface area contributed by atoms with Gasteiger partial charge >= 0.3 is 5.97 Å². The Morgan fingerprint density at radius 1 is 1.39 bits per heavy atom. The van der Waals surface area contributed by atoms with Gasteiger partial charge in [0.2, 0.25) is 0 Å². The molecule has 1 aromatic carbocycles. The van der Waals surface area contributed by atoms with Crippen molar-refractivity contribution in [2.24, 2.45) is 0 Å². The second-order valence-electron chi connectivity index (χ2n) is 4.40. The summed E-state index contributed by atoms with van der Waals surface area (Å²) in [6.45, 7) is 4.81. The lowest BCUT2D eigenvalue weighted by atomic mass is 10.1. The zero-order valence-electron chi connectivity index (χ0n) is 11.2. The second-order valence-corrected chi connectivity index (χ2v) is 4.40. The molecule has 100 valence electrons. The van der Waals surface area contributed by atoms with Crippen LogP contribution in [0.25, 0.3) is 0 Å². The van der Waals surface area contributed by atoms with E-state index in [2.05, 4.69) is 6.92 Å². The second kappa shape index (κ2) is 7.01. The van der Waals surface area contributed by atoms with E-state index >= 15 is 0 Å².